The van der Waals surface area contributed by atoms with Crippen molar-refractivity contribution in [2.45, 2.75) is 25.6 Å². The molecule has 3 atom stereocenters. The second-order valence-corrected chi connectivity index (χ2v) is 9.39. The Labute approximate surface area is 209 Å². The Morgan fingerprint density at radius 1 is 1.20 bits per heavy atom. The number of aromatic nitrogens is 2. The van der Waals surface area contributed by atoms with E-state index in [1.54, 1.807) is 19.4 Å². The van der Waals surface area contributed by atoms with Gasteiger partial charge in [0.1, 0.15) is 17.1 Å². The van der Waals surface area contributed by atoms with E-state index in [0.717, 1.165) is 24.1 Å². The highest BCUT2D eigenvalue weighted by molar-refractivity contribution is 6.32. The standard InChI is InChI=1S/C26H28ClN5O3/c1-35-23-8-7-17(9-21(23)27)12-28-24-20(25(34)29-11-16-5-3-2-4-6-16)13-30-26(31-24)32-14-18-10-19(18)22(32)15-33/h2-9,13,18-19,22,33H,10-12,14-15H2,1H3,(H,29,34)(H,28,30,31). The van der Waals surface area contributed by atoms with Crippen LogP contribution in [0.2, 0.25) is 5.02 Å². The van der Waals surface area contributed by atoms with Crippen molar-refractivity contribution in [1.29, 1.82) is 0 Å². The van der Waals surface area contributed by atoms with Crippen molar-refractivity contribution in [3.05, 3.63) is 76.4 Å². The Morgan fingerprint density at radius 3 is 2.77 bits per heavy atom. The molecule has 5 rings (SSSR count). The first-order valence-electron chi connectivity index (χ1n) is 11.7. The second-order valence-electron chi connectivity index (χ2n) is 8.98. The highest BCUT2D eigenvalue weighted by Crippen LogP contribution is 2.50. The molecule has 1 saturated heterocycles. The van der Waals surface area contributed by atoms with Gasteiger partial charge in [-0.1, -0.05) is 48.0 Å². The molecule has 2 aliphatic rings. The van der Waals surface area contributed by atoms with Gasteiger partial charge in [0.05, 0.1) is 24.8 Å². The number of nitrogens with one attached hydrogen (secondary N) is 2. The number of nitrogens with zero attached hydrogens (tertiary/aromatic N) is 3. The van der Waals surface area contributed by atoms with Gasteiger partial charge in [0, 0.05) is 25.8 Å². The van der Waals surface area contributed by atoms with Gasteiger partial charge in [-0.05, 0) is 41.5 Å². The van der Waals surface area contributed by atoms with Gasteiger partial charge < -0.3 is 25.4 Å². The van der Waals surface area contributed by atoms with E-state index in [-0.39, 0.29) is 18.6 Å². The fourth-order valence-corrected chi connectivity index (χ4v) is 5.01. The number of rotatable bonds is 9. The topological polar surface area (TPSA) is 99.6 Å². The van der Waals surface area contributed by atoms with Crippen molar-refractivity contribution >= 4 is 29.3 Å². The molecule has 3 N–H and O–H groups in total. The van der Waals surface area contributed by atoms with Crippen LogP contribution in [0.1, 0.15) is 27.9 Å². The molecule has 2 aromatic carbocycles. The third kappa shape index (κ3) is 5.04. The normalized spacial score (nSPS) is 20.3. The minimum absolute atomic E-state index is 0.0194. The van der Waals surface area contributed by atoms with Crippen LogP contribution in [0.25, 0.3) is 0 Å². The lowest BCUT2D eigenvalue weighted by Crippen LogP contribution is -2.37. The summed E-state index contributed by atoms with van der Waals surface area (Å²) in [5, 5.41) is 16.7. The van der Waals surface area contributed by atoms with Crippen LogP contribution in [0.15, 0.2) is 54.7 Å². The Morgan fingerprint density at radius 2 is 2.03 bits per heavy atom. The molecular formula is C26H28ClN5O3. The number of ether oxygens (including phenoxy) is 1. The van der Waals surface area contributed by atoms with E-state index < -0.39 is 0 Å². The fraction of sp³-hybridized carbons (Fsp3) is 0.346. The monoisotopic (exact) mass is 493 g/mol. The summed E-state index contributed by atoms with van der Waals surface area (Å²) in [5.41, 5.74) is 2.28. The van der Waals surface area contributed by atoms with Crippen LogP contribution >= 0.6 is 11.6 Å². The zero-order valence-corrected chi connectivity index (χ0v) is 20.2. The molecule has 1 aromatic heterocycles. The number of hydrogen-bond donors (Lipinski definition) is 3. The summed E-state index contributed by atoms with van der Waals surface area (Å²) in [6, 6.07) is 15.3. The predicted molar refractivity (Wildman–Crippen MR) is 135 cm³/mol. The van der Waals surface area contributed by atoms with Gasteiger partial charge in [0.15, 0.2) is 0 Å². The molecule has 2 heterocycles. The molecule has 1 aliphatic heterocycles. The summed E-state index contributed by atoms with van der Waals surface area (Å²) in [4.78, 5) is 24.4. The molecule has 35 heavy (non-hydrogen) atoms. The average molecular weight is 494 g/mol. The first kappa shape index (κ1) is 23.4. The van der Waals surface area contributed by atoms with E-state index >= 15 is 0 Å². The van der Waals surface area contributed by atoms with Crippen molar-refractivity contribution in [3.63, 3.8) is 0 Å². The van der Waals surface area contributed by atoms with Crippen LogP contribution in [-0.4, -0.2) is 47.3 Å². The third-order valence-corrected chi connectivity index (χ3v) is 7.04. The van der Waals surface area contributed by atoms with E-state index in [4.69, 9.17) is 21.3 Å². The molecule has 1 aliphatic carbocycles. The third-order valence-electron chi connectivity index (χ3n) is 6.74. The average Bonchev–Trinajstić information content (AvgIpc) is 3.56. The lowest BCUT2D eigenvalue weighted by atomic mass is 10.2. The highest BCUT2D eigenvalue weighted by Gasteiger charge is 2.53. The van der Waals surface area contributed by atoms with Crippen molar-refractivity contribution in [2.75, 3.05) is 30.5 Å². The number of aliphatic hydroxyl groups is 1. The molecule has 9 heteroatoms. The van der Waals surface area contributed by atoms with Crippen LogP contribution < -0.4 is 20.3 Å². The molecule has 0 bridgehead atoms. The number of carbonyl (C=O) groups is 1. The molecule has 0 spiro atoms. The van der Waals surface area contributed by atoms with Crippen LogP contribution in [0.4, 0.5) is 11.8 Å². The number of fused-ring (bicyclic) bond motifs is 1. The van der Waals surface area contributed by atoms with Gasteiger partial charge in [-0.2, -0.15) is 4.98 Å². The second kappa shape index (κ2) is 10.1. The Kier molecular flexibility index (Phi) is 6.74. The number of amides is 1. The maximum Gasteiger partial charge on any atom is 0.256 e. The van der Waals surface area contributed by atoms with Crippen molar-refractivity contribution in [1.82, 2.24) is 15.3 Å². The molecule has 182 valence electrons. The number of benzene rings is 2. The van der Waals surface area contributed by atoms with Crippen LogP contribution in [0.5, 0.6) is 5.75 Å². The summed E-state index contributed by atoms with van der Waals surface area (Å²) in [6.07, 6.45) is 2.70. The zero-order chi connectivity index (χ0) is 24.4. The van der Waals surface area contributed by atoms with Crippen LogP contribution in [0.3, 0.4) is 0 Å². The first-order valence-corrected chi connectivity index (χ1v) is 12.1. The molecule has 1 amide bonds. The maximum absolute atomic E-state index is 13.1. The van der Waals surface area contributed by atoms with E-state index in [1.165, 1.54) is 0 Å². The minimum Gasteiger partial charge on any atom is -0.495 e. The number of hydrogen-bond acceptors (Lipinski definition) is 7. The predicted octanol–water partition coefficient (Wildman–Crippen LogP) is 3.50. The number of methoxy groups -OCH3 is 1. The Bertz CT molecular complexity index is 1210. The van der Waals surface area contributed by atoms with E-state index in [0.29, 0.717) is 53.0 Å². The van der Waals surface area contributed by atoms with Gasteiger partial charge in [-0.15, -0.1) is 0 Å². The summed E-state index contributed by atoms with van der Waals surface area (Å²) in [7, 11) is 1.57. The summed E-state index contributed by atoms with van der Waals surface area (Å²) in [6.45, 7) is 1.70. The molecule has 8 nitrogen and oxygen atoms in total. The molecular weight excluding hydrogens is 466 g/mol. The largest absolute Gasteiger partial charge is 0.495 e. The SMILES string of the molecule is COc1ccc(CNc2nc(N3CC4CC4C3CO)ncc2C(=O)NCc2ccccc2)cc1Cl. The smallest absolute Gasteiger partial charge is 0.256 e. The van der Waals surface area contributed by atoms with Crippen molar-refractivity contribution < 1.29 is 14.6 Å². The van der Waals surface area contributed by atoms with Crippen LogP contribution in [0, 0.1) is 11.8 Å². The Hall–Kier alpha value is -3.36. The number of carbonyl (C=O) groups excluding carboxylic acids is 1. The lowest BCUT2D eigenvalue weighted by molar-refractivity contribution is 0.0951. The number of halogens is 1. The van der Waals surface area contributed by atoms with Gasteiger partial charge in [-0.25, -0.2) is 4.98 Å². The molecule has 3 unspecified atom stereocenters. The van der Waals surface area contributed by atoms with Crippen molar-refractivity contribution in [2.24, 2.45) is 11.8 Å². The molecule has 3 aromatic rings. The first-order chi connectivity index (χ1) is 17.1. The zero-order valence-electron chi connectivity index (χ0n) is 19.4. The van der Waals surface area contributed by atoms with Gasteiger partial charge in [0.25, 0.3) is 5.91 Å². The fourth-order valence-electron chi connectivity index (χ4n) is 4.73. The minimum atomic E-state index is -0.265. The highest BCUT2D eigenvalue weighted by atomic mass is 35.5. The number of piperidine rings is 1. The number of anilines is 2. The number of aliphatic hydroxyl groups excluding tert-OH is 1. The Balaban J connectivity index is 1.38. The molecule has 2 fully saturated rings. The summed E-state index contributed by atoms with van der Waals surface area (Å²) in [5.74, 6) is 2.37. The van der Waals surface area contributed by atoms with Gasteiger partial charge >= 0.3 is 0 Å². The van der Waals surface area contributed by atoms with Crippen LogP contribution in [-0.2, 0) is 13.1 Å². The summed E-state index contributed by atoms with van der Waals surface area (Å²) < 4.78 is 5.23. The van der Waals surface area contributed by atoms with E-state index in [9.17, 15) is 9.90 Å². The molecule has 1 saturated carbocycles. The van der Waals surface area contributed by atoms with E-state index in [1.807, 2.05) is 42.5 Å². The van der Waals surface area contributed by atoms with E-state index in [2.05, 4.69) is 20.5 Å². The van der Waals surface area contributed by atoms with Crippen molar-refractivity contribution in [3.8, 4) is 5.75 Å². The maximum atomic E-state index is 13.1. The van der Waals surface area contributed by atoms with Gasteiger partial charge in [-0.3, -0.25) is 4.79 Å². The quantitative estimate of drug-likeness (QED) is 0.419. The summed E-state index contributed by atoms with van der Waals surface area (Å²) >= 11 is 6.28. The lowest BCUT2D eigenvalue weighted by Gasteiger charge is -2.26. The molecule has 0 radical (unpaired) electrons. The van der Waals surface area contributed by atoms with Gasteiger partial charge in [0.2, 0.25) is 5.95 Å².